The summed E-state index contributed by atoms with van der Waals surface area (Å²) in [6.07, 6.45) is 4.16. The van der Waals surface area contributed by atoms with Gasteiger partial charge >= 0.3 is 0 Å². The molecular formula is C15H20Br2N2. The Hall–Kier alpha value is -0.0600. The second kappa shape index (κ2) is 6.15. The van der Waals surface area contributed by atoms with Crippen LogP contribution in [0, 0.1) is 0 Å². The fraction of sp³-hybridized carbons (Fsp3) is 0.600. The van der Waals surface area contributed by atoms with Gasteiger partial charge in [-0.2, -0.15) is 0 Å². The summed E-state index contributed by atoms with van der Waals surface area (Å²) < 4.78 is 1.23. The highest BCUT2D eigenvalue weighted by atomic mass is 79.9. The average molecular weight is 388 g/mol. The fourth-order valence-electron chi connectivity index (χ4n) is 3.26. The number of hydrogen-bond donors (Lipinski definition) is 0. The highest BCUT2D eigenvalue weighted by molar-refractivity contribution is 9.10. The third kappa shape index (κ3) is 3.01. The van der Waals surface area contributed by atoms with E-state index in [1.807, 2.05) is 0 Å². The van der Waals surface area contributed by atoms with Gasteiger partial charge in [-0.05, 0) is 53.0 Å². The number of benzene rings is 1. The molecule has 1 unspecified atom stereocenters. The van der Waals surface area contributed by atoms with Crippen molar-refractivity contribution in [1.82, 2.24) is 4.90 Å². The van der Waals surface area contributed by atoms with Gasteiger partial charge in [0.2, 0.25) is 0 Å². The molecule has 0 spiro atoms. The Kier molecular flexibility index (Phi) is 4.50. The lowest BCUT2D eigenvalue weighted by atomic mass is 9.99. The Bertz CT molecular complexity index is 450. The molecule has 104 valence electrons. The first-order chi connectivity index (χ1) is 9.28. The number of fused-ring (bicyclic) bond motifs is 1. The predicted octanol–water partition coefficient (Wildman–Crippen LogP) is 4.02. The standard InChI is InChI=1S/C15H20Br2N2/c16-10-12-4-5-15(14(17)9-12)19-8-7-18-6-2-1-3-13(18)11-19/h4-5,9,13H,1-3,6-8,10-11H2. The largest absolute Gasteiger partial charge is 0.368 e. The van der Waals surface area contributed by atoms with Crippen molar-refractivity contribution >= 4 is 37.5 Å². The highest BCUT2D eigenvalue weighted by Gasteiger charge is 2.29. The van der Waals surface area contributed by atoms with Crippen molar-refractivity contribution in [3.63, 3.8) is 0 Å². The molecule has 0 radical (unpaired) electrons. The number of hydrogen-bond acceptors (Lipinski definition) is 2. The average Bonchev–Trinajstić information content (AvgIpc) is 2.46. The van der Waals surface area contributed by atoms with E-state index in [9.17, 15) is 0 Å². The first-order valence-electron chi connectivity index (χ1n) is 7.11. The van der Waals surface area contributed by atoms with E-state index in [-0.39, 0.29) is 0 Å². The second-order valence-corrected chi connectivity index (χ2v) is 6.97. The van der Waals surface area contributed by atoms with Gasteiger partial charge in [-0.3, -0.25) is 4.90 Å². The number of piperazine rings is 1. The lowest BCUT2D eigenvalue weighted by Crippen LogP contribution is -2.55. The maximum atomic E-state index is 3.74. The maximum Gasteiger partial charge on any atom is 0.0511 e. The summed E-state index contributed by atoms with van der Waals surface area (Å²) in [5.74, 6) is 0. The van der Waals surface area contributed by atoms with Crippen LogP contribution in [-0.4, -0.2) is 37.1 Å². The lowest BCUT2D eigenvalue weighted by molar-refractivity contribution is 0.133. The first-order valence-corrected chi connectivity index (χ1v) is 9.03. The minimum Gasteiger partial charge on any atom is -0.368 e. The predicted molar refractivity (Wildman–Crippen MR) is 88.2 cm³/mol. The summed E-state index contributed by atoms with van der Waals surface area (Å²) in [4.78, 5) is 5.23. The van der Waals surface area contributed by atoms with Gasteiger partial charge in [0.05, 0.1) is 5.69 Å². The molecule has 2 heterocycles. The minimum atomic E-state index is 0.769. The van der Waals surface area contributed by atoms with Gasteiger partial charge in [-0.1, -0.05) is 28.4 Å². The van der Waals surface area contributed by atoms with Crippen LogP contribution in [0.2, 0.25) is 0 Å². The van der Waals surface area contributed by atoms with Crippen LogP contribution in [0.4, 0.5) is 5.69 Å². The van der Waals surface area contributed by atoms with Crippen molar-refractivity contribution in [2.45, 2.75) is 30.6 Å². The minimum absolute atomic E-state index is 0.769. The zero-order valence-electron chi connectivity index (χ0n) is 11.1. The van der Waals surface area contributed by atoms with Gasteiger partial charge in [-0.15, -0.1) is 0 Å². The molecular weight excluding hydrogens is 368 g/mol. The van der Waals surface area contributed by atoms with Crippen molar-refractivity contribution < 1.29 is 0 Å². The molecule has 0 bridgehead atoms. The SMILES string of the molecule is BrCc1ccc(N2CCN3CCCCC3C2)c(Br)c1. The molecule has 1 atom stereocenters. The molecule has 2 aliphatic rings. The van der Waals surface area contributed by atoms with Gasteiger partial charge in [0.1, 0.15) is 0 Å². The molecule has 0 aromatic heterocycles. The summed E-state index contributed by atoms with van der Waals surface area (Å²) in [5.41, 5.74) is 2.68. The van der Waals surface area contributed by atoms with E-state index in [1.165, 1.54) is 54.6 Å². The van der Waals surface area contributed by atoms with Crippen molar-refractivity contribution in [3.8, 4) is 0 Å². The van der Waals surface area contributed by atoms with Crippen LogP contribution in [0.3, 0.4) is 0 Å². The van der Waals surface area contributed by atoms with Crippen LogP contribution in [0.1, 0.15) is 24.8 Å². The van der Waals surface area contributed by atoms with E-state index in [4.69, 9.17) is 0 Å². The lowest BCUT2D eigenvalue weighted by Gasteiger charge is -2.45. The molecule has 1 aromatic carbocycles. The van der Waals surface area contributed by atoms with Crippen LogP contribution in [0.5, 0.6) is 0 Å². The fourth-order valence-corrected chi connectivity index (χ4v) is 4.29. The van der Waals surface area contributed by atoms with E-state index in [2.05, 4.69) is 59.9 Å². The molecule has 0 saturated carbocycles. The number of piperidine rings is 1. The monoisotopic (exact) mass is 386 g/mol. The molecule has 2 aliphatic heterocycles. The molecule has 4 heteroatoms. The summed E-state index contributed by atoms with van der Waals surface area (Å²) >= 11 is 7.25. The van der Waals surface area contributed by atoms with Gasteiger partial charge in [0.25, 0.3) is 0 Å². The van der Waals surface area contributed by atoms with E-state index in [0.29, 0.717) is 0 Å². The Balaban J connectivity index is 1.75. The van der Waals surface area contributed by atoms with Crippen molar-refractivity contribution in [3.05, 3.63) is 28.2 Å². The summed E-state index contributed by atoms with van der Waals surface area (Å²) in [5, 5.41) is 0.919. The Morgan fingerprint density at radius 1 is 1.16 bits per heavy atom. The van der Waals surface area contributed by atoms with Gasteiger partial charge in [-0.25, -0.2) is 0 Å². The van der Waals surface area contributed by atoms with Crippen molar-refractivity contribution in [2.24, 2.45) is 0 Å². The quantitative estimate of drug-likeness (QED) is 0.707. The molecule has 0 N–H and O–H groups in total. The van der Waals surface area contributed by atoms with Crippen molar-refractivity contribution in [1.29, 1.82) is 0 Å². The molecule has 0 aliphatic carbocycles. The Morgan fingerprint density at radius 2 is 2.05 bits per heavy atom. The summed E-state index contributed by atoms with van der Waals surface area (Å²) in [6, 6.07) is 7.49. The summed E-state index contributed by atoms with van der Waals surface area (Å²) in [6.45, 7) is 4.87. The third-order valence-corrected chi connectivity index (χ3v) is 5.63. The number of nitrogens with zero attached hydrogens (tertiary/aromatic N) is 2. The van der Waals surface area contributed by atoms with E-state index < -0.39 is 0 Å². The number of rotatable bonds is 2. The Labute approximate surface area is 132 Å². The molecule has 2 nitrogen and oxygen atoms in total. The van der Waals surface area contributed by atoms with Gasteiger partial charge in [0.15, 0.2) is 0 Å². The van der Waals surface area contributed by atoms with Crippen LogP contribution >= 0.6 is 31.9 Å². The van der Waals surface area contributed by atoms with E-state index in [1.54, 1.807) is 0 Å². The van der Waals surface area contributed by atoms with Crippen molar-refractivity contribution in [2.75, 3.05) is 31.1 Å². The molecule has 3 rings (SSSR count). The third-order valence-electron chi connectivity index (χ3n) is 4.34. The highest BCUT2D eigenvalue weighted by Crippen LogP contribution is 2.31. The molecule has 2 fully saturated rings. The number of alkyl halides is 1. The maximum absolute atomic E-state index is 3.74. The zero-order chi connectivity index (χ0) is 13.2. The zero-order valence-corrected chi connectivity index (χ0v) is 14.3. The Morgan fingerprint density at radius 3 is 2.84 bits per heavy atom. The van der Waals surface area contributed by atoms with Gasteiger partial charge in [0, 0.05) is 35.5 Å². The van der Waals surface area contributed by atoms with Crippen LogP contribution in [-0.2, 0) is 5.33 Å². The molecule has 1 aromatic rings. The molecule has 19 heavy (non-hydrogen) atoms. The topological polar surface area (TPSA) is 6.48 Å². The van der Waals surface area contributed by atoms with Crippen LogP contribution < -0.4 is 4.90 Å². The van der Waals surface area contributed by atoms with Crippen LogP contribution in [0.15, 0.2) is 22.7 Å². The molecule has 2 saturated heterocycles. The number of anilines is 1. The van der Waals surface area contributed by atoms with E-state index in [0.717, 1.165) is 17.9 Å². The first kappa shape index (κ1) is 13.9. The van der Waals surface area contributed by atoms with Crippen LogP contribution in [0.25, 0.3) is 0 Å². The number of halogens is 2. The smallest absolute Gasteiger partial charge is 0.0511 e. The summed E-state index contributed by atoms with van der Waals surface area (Å²) in [7, 11) is 0. The van der Waals surface area contributed by atoms with E-state index >= 15 is 0 Å². The van der Waals surface area contributed by atoms with Gasteiger partial charge < -0.3 is 4.90 Å². The normalized spacial score (nSPS) is 24.3. The second-order valence-electron chi connectivity index (χ2n) is 5.55. The molecule has 0 amide bonds.